The second-order valence-corrected chi connectivity index (χ2v) is 6.89. The molecule has 1 amide bonds. The summed E-state index contributed by atoms with van der Waals surface area (Å²) in [6.07, 6.45) is 1.96. The summed E-state index contributed by atoms with van der Waals surface area (Å²) in [7, 11) is 0. The maximum Gasteiger partial charge on any atom is 0.338 e. The predicted octanol–water partition coefficient (Wildman–Crippen LogP) is 4.43. The first-order valence-electron chi connectivity index (χ1n) is 8.57. The summed E-state index contributed by atoms with van der Waals surface area (Å²) in [5.74, 6) is -0.406. The van der Waals surface area contributed by atoms with E-state index in [4.69, 9.17) is 4.74 Å². The quantitative estimate of drug-likeness (QED) is 0.626. The molecule has 0 unspecified atom stereocenters. The van der Waals surface area contributed by atoms with Crippen LogP contribution in [-0.4, -0.2) is 23.5 Å². The monoisotopic (exact) mass is 368 g/mol. The van der Waals surface area contributed by atoms with E-state index in [9.17, 15) is 9.59 Å². The minimum absolute atomic E-state index is 0.0463. The largest absolute Gasteiger partial charge is 0.462 e. The molecular weight excluding hydrogens is 348 g/mol. The van der Waals surface area contributed by atoms with Crippen molar-refractivity contribution in [1.82, 2.24) is 4.98 Å². The van der Waals surface area contributed by atoms with E-state index in [-0.39, 0.29) is 11.9 Å². The molecule has 134 valence electrons. The number of aromatic nitrogens is 1. The molecule has 6 heteroatoms. The highest BCUT2D eigenvalue weighted by atomic mass is 32.1. The molecule has 0 bridgehead atoms. The summed E-state index contributed by atoms with van der Waals surface area (Å²) in [6, 6.07) is 14.8. The van der Waals surface area contributed by atoms with E-state index in [2.05, 4.69) is 16.4 Å². The van der Waals surface area contributed by atoms with E-state index in [1.165, 1.54) is 4.70 Å². The van der Waals surface area contributed by atoms with E-state index >= 15 is 0 Å². The maximum atomic E-state index is 12.1. The molecule has 3 aromatic rings. The molecule has 1 heterocycles. The Morgan fingerprint density at radius 2 is 1.88 bits per heavy atom. The molecule has 0 radical (unpaired) electrons. The van der Waals surface area contributed by atoms with E-state index in [0.717, 1.165) is 23.4 Å². The molecule has 0 atom stereocenters. The molecule has 0 aliphatic carbocycles. The second kappa shape index (κ2) is 8.58. The number of thiazole rings is 1. The van der Waals surface area contributed by atoms with E-state index in [1.54, 1.807) is 42.5 Å². The van der Waals surface area contributed by atoms with Gasteiger partial charge in [-0.15, -0.1) is 11.3 Å². The lowest BCUT2D eigenvalue weighted by molar-refractivity contribution is -0.116. The number of anilines is 1. The summed E-state index contributed by atoms with van der Waals surface area (Å²) < 4.78 is 6.11. The Labute approximate surface area is 156 Å². The van der Waals surface area contributed by atoms with Gasteiger partial charge in [-0.05, 0) is 56.2 Å². The zero-order valence-electron chi connectivity index (χ0n) is 14.5. The number of hydrogen-bond donors (Lipinski definition) is 1. The molecule has 1 aromatic heterocycles. The fourth-order valence-electron chi connectivity index (χ4n) is 2.55. The van der Waals surface area contributed by atoms with Gasteiger partial charge in [-0.2, -0.15) is 0 Å². The maximum absolute atomic E-state index is 12.1. The molecule has 0 aliphatic heterocycles. The molecule has 0 fully saturated rings. The number of carbonyl (C=O) groups is 2. The van der Waals surface area contributed by atoms with Crippen LogP contribution in [0.1, 0.15) is 35.1 Å². The van der Waals surface area contributed by atoms with Crippen molar-refractivity contribution in [3.8, 4) is 0 Å². The highest BCUT2D eigenvalue weighted by Crippen LogP contribution is 2.22. The van der Waals surface area contributed by atoms with Crippen LogP contribution in [0.2, 0.25) is 0 Å². The summed E-state index contributed by atoms with van der Waals surface area (Å²) in [5, 5.41) is 3.90. The van der Waals surface area contributed by atoms with Crippen molar-refractivity contribution in [3.05, 3.63) is 59.1 Å². The molecule has 2 aromatic carbocycles. The van der Waals surface area contributed by atoms with E-state index in [0.29, 0.717) is 24.3 Å². The summed E-state index contributed by atoms with van der Waals surface area (Å²) in [6.45, 7) is 2.10. The first-order valence-corrected chi connectivity index (χ1v) is 9.39. The highest BCUT2D eigenvalue weighted by Gasteiger charge is 2.08. The number of aryl methyl sites for hydroxylation is 1. The van der Waals surface area contributed by atoms with Gasteiger partial charge in [0.25, 0.3) is 0 Å². The van der Waals surface area contributed by atoms with Gasteiger partial charge in [-0.3, -0.25) is 4.79 Å². The summed E-state index contributed by atoms with van der Waals surface area (Å²) >= 11 is 1.67. The van der Waals surface area contributed by atoms with Gasteiger partial charge in [-0.1, -0.05) is 12.1 Å². The van der Waals surface area contributed by atoms with Crippen molar-refractivity contribution < 1.29 is 14.3 Å². The number of amides is 1. The fourth-order valence-corrected chi connectivity index (χ4v) is 3.56. The van der Waals surface area contributed by atoms with Crippen LogP contribution in [0.5, 0.6) is 0 Å². The number of esters is 1. The van der Waals surface area contributed by atoms with Crippen molar-refractivity contribution in [2.24, 2.45) is 0 Å². The number of para-hydroxylation sites is 1. The Hall–Kier alpha value is -2.73. The van der Waals surface area contributed by atoms with Gasteiger partial charge in [0, 0.05) is 12.1 Å². The second-order valence-electron chi connectivity index (χ2n) is 5.77. The predicted molar refractivity (Wildman–Crippen MR) is 104 cm³/mol. The normalized spacial score (nSPS) is 10.7. The number of carbonyl (C=O) groups excluding carboxylic acids is 2. The van der Waals surface area contributed by atoms with Crippen LogP contribution >= 0.6 is 11.3 Å². The third kappa shape index (κ3) is 4.67. The van der Waals surface area contributed by atoms with Crippen molar-refractivity contribution in [2.75, 3.05) is 11.9 Å². The van der Waals surface area contributed by atoms with Gasteiger partial charge in [-0.25, -0.2) is 9.78 Å². The molecule has 0 spiro atoms. The zero-order valence-corrected chi connectivity index (χ0v) is 15.3. The summed E-state index contributed by atoms with van der Waals surface area (Å²) in [5.41, 5.74) is 2.15. The molecule has 3 rings (SSSR count). The van der Waals surface area contributed by atoms with Crippen molar-refractivity contribution >= 4 is 39.1 Å². The molecule has 1 N–H and O–H groups in total. The first-order chi connectivity index (χ1) is 12.7. The minimum atomic E-state index is -0.360. The third-order valence-corrected chi connectivity index (χ3v) is 4.91. The lowest BCUT2D eigenvalue weighted by atomic mass is 10.2. The average molecular weight is 368 g/mol. The number of hydrogen-bond acceptors (Lipinski definition) is 5. The van der Waals surface area contributed by atoms with Crippen LogP contribution in [0.4, 0.5) is 5.69 Å². The van der Waals surface area contributed by atoms with Crippen LogP contribution in [-0.2, 0) is 16.0 Å². The Bertz CT molecular complexity index is 870. The molecule has 0 saturated carbocycles. The fraction of sp³-hybridized carbons (Fsp3) is 0.250. The number of rotatable bonds is 7. The number of fused-ring (bicyclic) bond motifs is 1. The van der Waals surface area contributed by atoms with Crippen molar-refractivity contribution in [1.29, 1.82) is 0 Å². The number of nitrogens with one attached hydrogen (secondary N) is 1. The molecule has 0 saturated heterocycles. The number of nitrogens with zero attached hydrogens (tertiary/aromatic N) is 1. The van der Waals surface area contributed by atoms with Crippen LogP contribution in [0.3, 0.4) is 0 Å². The van der Waals surface area contributed by atoms with Gasteiger partial charge in [0.05, 0.1) is 27.4 Å². The summed E-state index contributed by atoms with van der Waals surface area (Å²) in [4.78, 5) is 28.3. The standard InChI is InChI=1S/C20H20N2O3S/c1-2-25-20(24)14-10-12-15(13-11-14)21-18(23)8-5-9-19-22-16-6-3-4-7-17(16)26-19/h3-4,6-7,10-13H,2,5,8-9H2,1H3,(H,21,23). The van der Waals surface area contributed by atoms with Gasteiger partial charge in [0.1, 0.15) is 0 Å². The van der Waals surface area contributed by atoms with Gasteiger partial charge < -0.3 is 10.1 Å². The molecule has 0 aliphatic rings. The molecule has 26 heavy (non-hydrogen) atoms. The average Bonchev–Trinajstić information content (AvgIpc) is 3.05. The minimum Gasteiger partial charge on any atom is -0.462 e. The Morgan fingerprint density at radius 3 is 2.62 bits per heavy atom. The van der Waals surface area contributed by atoms with Gasteiger partial charge >= 0.3 is 5.97 Å². The number of benzene rings is 2. The van der Waals surface area contributed by atoms with E-state index < -0.39 is 0 Å². The Kier molecular flexibility index (Phi) is 5.96. The van der Waals surface area contributed by atoms with E-state index in [1.807, 2.05) is 18.2 Å². The third-order valence-electron chi connectivity index (χ3n) is 3.81. The van der Waals surface area contributed by atoms with Gasteiger partial charge in [0.15, 0.2) is 0 Å². The van der Waals surface area contributed by atoms with Crippen LogP contribution < -0.4 is 5.32 Å². The van der Waals surface area contributed by atoms with Crippen molar-refractivity contribution in [3.63, 3.8) is 0 Å². The van der Waals surface area contributed by atoms with Gasteiger partial charge in [0.2, 0.25) is 5.91 Å². The van der Waals surface area contributed by atoms with Crippen LogP contribution in [0.25, 0.3) is 10.2 Å². The molecule has 5 nitrogen and oxygen atoms in total. The number of ether oxygens (including phenoxy) is 1. The van der Waals surface area contributed by atoms with Crippen molar-refractivity contribution in [2.45, 2.75) is 26.2 Å². The molecular formula is C20H20N2O3S. The SMILES string of the molecule is CCOC(=O)c1ccc(NC(=O)CCCc2nc3ccccc3s2)cc1. The van der Waals surface area contributed by atoms with Crippen LogP contribution in [0, 0.1) is 0 Å². The highest BCUT2D eigenvalue weighted by molar-refractivity contribution is 7.18. The van der Waals surface area contributed by atoms with Crippen LogP contribution in [0.15, 0.2) is 48.5 Å². The zero-order chi connectivity index (χ0) is 18.4. The Morgan fingerprint density at radius 1 is 1.12 bits per heavy atom. The lowest BCUT2D eigenvalue weighted by Crippen LogP contribution is -2.12. The topological polar surface area (TPSA) is 68.3 Å². The first kappa shape index (κ1) is 18.1. The smallest absolute Gasteiger partial charge is 0.338 e. The lowest BCUT2D eigenvalue weighted by Gasteiger charge is -2.06. The Balaban J connectivity index is 1.47.